The summed E-state index contributed by atoms with van der Waals surface area (Å²) >= 11 is 0. The maximum Gasteiger partial charge on any atom is 0.0615 e. The molecule has 0 radical (unpaired) electrons. The van der Waals surface area contributed by atoms with Crippen molar-refractivity contribution in [2.45, 2.75) is 51.0 Å². The highest BCUT2D eigenvalue weighted by Gasteiger charge is 2.39. The number of hydrogen-bond acceptors (Lipinski definition) is 2. The zero-order valence-electron chi connectivity index (χ0n) is 10.5. The van der Waals surface area contributed by atoms with Gasteiger partial charge in [0.05, 0.1) is 6.61 Å². The van der Waals surface area contributed by atoms with Gasteiger partial charge in [-0.1, -0.05) is 19.1 Å². The molecule has 0 aromatic rings. The number of aliphatic hydroxyl groups excluding tert-OH is 1. The van der Waals surface area contributed by atoms with Crippen LogP contribution in [0.2, 0.25) is 0 Å². The van der Waals surface area contributed by atoms with E-state index in [2.05, 4.69) is 24.0 Å². The minimum Gasteiger partial charge on any atom is -0.394 e. The molecule has 2 atom stereocenters. The summed E-state index contributed by atoms with van der Waals surface area (Å²) in [6, 6.07) is 0. The molecule has 1 N–H and O–H groups in total. The molecule has 1 saturated heterocycles. The van der Waals surface area contributed by atoms with Crippen molar-refractivity contribution in [3.63, 3.8) is 0 Å². The summed E-state index contributed by atoms with van der Waals surface area (Å²) in [5.74, 6) is 0.820. The van der Waals surface area contributed by atoms with Gasteiger partial charge < -0.3 is 5.11 Å². The maximum atomic E-state index is 9.66. The first-order valence-electron chi connectivity index (χ1n) is 6.81. The Morgan fingerprint density at radius 2 is 2.31 bits per heavy atom. The van der Waals surface area contributed by atoms with E-state index in [4.69, 9.17) is 0 Å². The van der Waals surface area contributed by atoms with Gasteiger partial charge in [-0.25, -0.2) is 0 Å². The number of nitrogens with zero attached hydrogens (tertiary/aromatic N) is 1. The van der Waals surface area contributed by atoms with Crippen LogP contribution in [0.15, 0.2) is 12.2 Å². The first-order valence-corrected chi connectivity index (χ1v) is 6.81. The Bertz CT molecular complexity index is 245. The predicted molar refractivity (Wildman–Crippen MR) is 67.4 cm³/mol. The van der Waals surface area contributed by atoms with E-state index < -0.39 is 0 Å². The van der Waals surface area contributed by atoms with Crippen molar-refractivity contribution in [2.75, 3.05) is 19.7 Å². The molecule has 16 heavy (non-hydrogen) atoms. The fourth-order valence-electron chi connectivity index (χ4n) is 3.30. The maximum absolute atomic E-state index is 9.66. The topological polar surface area (TPSA) is 23.5 Å². The summed E-state index contributed by atoms with van der Waals surface area (Å²) in [7, 11) is 0. The van der Waals surface area contributed by atoms with Crippen molar-refractivity contribution in [3.8, 4) is 0 Å². The molecule has 2 aliphatic rings. The summed E-state index contributed by atoms with van der Waals surface area (Å²) in [5.41, 5.74) is 0.112. The van der Waals surface area contributed by atoms with Crippen LogP contribution in [-0.4, -0.2) is 35.2 Å². The van der Waals surface area contributed by atoms with Gasteiger partial charge in [-0.05, 0) is 51.0 Å². The molecule has 2 rings (SSSR count). The number of allylic oxidation sites excluding steroid dienone is 2. The summed E-state index contributed by atoms with van der Waals surface area (Å²) in [6.45, 7) is 4.94. The van der Waals surface area contributed by atoms with Gasteiger partial charge in [0.1, 0.15) is 0 Å². The first kappa shape index (κ1) is 12.1. The normalized spacial score (nSPS) is 35.8. The van der Waals surface area contributed by atoms with E-state index in [9.17, 15) is 5.11 Å². The van der Waals surface area contributed by atoms with Crippen LogP contribution in [0.25, 0.3) is 0 Å². The molecule has 0 aromatic heterocycles. The van der Waals surface area contributed by atoms with Crippen molar-refractivity contribution in [2.24, 2.45) is 5.92 Å². The van der Waals surface area contributed by atoms with Crippen LogP contribution in [0.3, 0.4) is 0 Å². The first-order chi connectivity index (χ1) is 7.80. The second-order valence-electron chi connectivity index (χ2n) is 5.44. The average molecular weight is 223 g/mol. The van der Waals surface area contributed by atoms with E-state index in [1.54, 1.807) is 0 Å². The van der Waals surface area contributed by atoms with Gasteiger partial charge in [-0.3, -0.25) is 4.90 Å². The highest BCUT2D eigenvalue weighted by molar-refractivity contribution is 4.97. The van der Waals surface area contributed by atoms with Gasteiger partial charge >= 0.3 is 0 Å². The zero-order valence-corrected chi connectivity index (χ0v) is 10.5. The number of rotatable bonds is 4. The molecular formula is C14H25NO. The van der Waals surface area contributed by atoms with Gasteiger partial charge in [0.25, 0.3) is 0 Å². The minimum atomic E-state index is 0.112. The number of likely N-dealkylation sites (tertiary alicyclic amines) is 1. The lowest BCUT2D eigenvalue weighted by molar-refractivity contribution is 0.0477. The molecule has 0 bridgehead atoms. The smallest absolute Gasteiger partial charge is 0.0615 e. The third-order valence-corrected chi connectivity index (χ3v) is 4.55. The Morgan fingerprint density at radius 3 is 2.94 bits per heavy atom. The fourth-order valence-corrected chi connectivity index (χ4v) is 3.30. The molecule has 1 aliphatic carbocycles. The summed E-state index contributed by atoms with van der Waals surface area (Å²) in [6.07, 6.45) is 12.0. The molecule has 2 heteroatoms. The Hall–Kier alpha value is -0.340. The zero-order chi connectivity index (χ0) is 11.4. The van der Waals surface area contributed by atoms with Crippen LogP contribution in [0.4, 0.5) is 0 Å². The second kappa shape index (κ2) is 5.33. The minimum absolute atomic E-state index is 0.112. The van der Waals surface area contributed by atoms with Gasteiger partial charge in [-0.2, -0.15) is 0 Å². The molecule has 1 fully saturated rings. The number of aliphatic hydroxyl groups is 1. The standard InChI is InChI=1S/C14H25NO/c1-2-14(12-16)9-6-10-15(14)11-13-7-4-3-5-8-13/h3-4,13,16H,2,5-12H2,1H3. The molecule has 2 unspecified atom stereocenters. The molecular weight excluding hydrogens is 198 g/mol. The summed E-state index contributed by atoms with van der Waals surface area (Å²) in [5, 5.41) is 9.66. The van der Waals surface area contributed by atoms with Crippen LogP contribution in [-0.2, 0) is 0 Å². The van der Waals surface area contributed by atoms with Crippen LogP contribution in [0, 0.1) is 5.92 Å². The van der Waals surface area contributed by atoms with E-state index in [1.165, 1.54) is 45.2 Å². The fraction of sp³-hybridized carbons (Fsp3) is 0.857. The van der Waals surface area contributed by atoms with Crippen molar-refractivity contribution in [3.05, 3.63) is 12.2 Å². The van der Waals surface area contributed by atoms with Gasteiger partial charge in [0.15, 0.2) is 0 Å². The van der Waals surface area contributed by atoms with Gasteiger partial charge in [0.2, 0.25) is 0 Å². The molecule has 0 aromatic carbocycles. The lowest BCUT2D eigenvalue weighted by Gasteiger charge is -2.38. The highest BCUT2D eigenvalue weighted by Crippen LogP contribution is 2.34. The molecule has 0 saturated carbocycles. The SMILES string of the molecule is CCC1(CO)CCCN1CC1CC=CCC1. The molecule has 0 amide bonds. The molecule has 92 valence electrons. The highest BCUT2D eigenvalue weighted by atomic mass is 16.3. The molecule has 1 heterocycles. The van der Waals surface area contributed by atoms with E-state index in [1.807, 2.05) is 0 Å². The molecule has 2 nitrogen and oxygen atoms in total. The van der Waals surface area contributed by atoms with E-state index in [0.717, 1.165) is 12.3 Å². The lowest BCUT2D eigenvalue weighted by atomic mass is 9.90. The van der Waals surface area contributed by atoms with Crippen LogP contribution in [0.1, 0.15) is 45.4 Å². The third kappa shape index (κ3) is 2.33. The number of hydrogen-bond donors (Lipinski definition) is 1. The monoisotopic (exact) mass is 223 g/mol. The predicted octanol–water partition coefficient (Wildman–Crippen LogP) is 2.58. The molecule has 0 spiro atoms. The Kier molecular flexibility index (Phi) is 4.04. The quantitative estimate of drug-likeness (QED) is 0.740. The van der Waals surface area contributed by atoms with Crippen molar-refractivity contribution >= 4 is 0 Å². The van der Waals surface area contributed by atoms with Crippen molar-refractivity contribution in [1.29, 1.82) is 0 Å². The largest absolute Gasteiger partial charge is 0.394 e. The van der Waals surface area contributed by atoms with E-state index in [0.29, 0.717) is 6.61 Å². The Balaban J connectivity index is 1.94. The van der Waals surface area contributed by atoms with Crippen molar-refractivity contribution < 1.29 is 5.11 Å². The molecule has 1 aliphatic heterocycles. The van der Waals surface area contributed by atoms with Crippen LogP contribution < -0.4 is 0 Å². The van der Waals surface area contributed by atoms with Crippen LogP contribution >= 0.6 is 0 Å². The van der Waals surface area contributed by atoms with Gasteiger partial charge in [0, 0.05) is 12.1 Å². The summed E-state index contributed by atoms with van der Waals surface area (Å²) in [4.78, 5) is 2.57. The summed E-state index contributed by atoms with van der Waals surface area (Å²) < 4.78 is 0. The Labute approximate surface area is 99.3 Å². The second-order valence-corrected chi connectivity index (χ2v) is 5.44. The third-order valence-electron chi connectivity index (χ3n) is 4.55. The van der Waals surface area contributed by atoms with Gasteiger partial charge in [-0.15, -0.1) is 0 Å². The van der Waals surface area contributed by atoms with Crippen LogP contribution in [0.5, 0.6) is 0 Å². The lowest BCUT2D eigenvalue weighted by Crippen LogP contribution is -2.48. The Morgan fingerprint density at radius 1 is 1.44 bits per heavy atom. The van der Waals surface area contributed by atoms with E-state index in [-0.39, 0.29) is 5.54 Å². The van der Waals surface area contributed by atoms with E-state index >= 15 is 0 Å². The average Bonchev–Trinajstić information content (AvgIpc) is 2.74. The van der Waals surface area contributed by atoms with Crippen molar-refractivity contribution in [1.82, 2.24) is 4.90 Å².